The molecule has 0 fully saturated rings. The van der Waals surface area contributed by atoms with E-state index >= 15 is 0 Å². The van der Waals surface area contributed by atoms with Crippen LogP contribution in [-0.2, 0) is 9.53 Å². The summed E-state index contributed by atoms with van der Waals surface area (Å²) in [6, 6.07) is 6.83. The Labute approximate surface area is 139 Å². The van der Waals surface area contributed by atoms with Gasteiger partial charge in [0.25, 0.3) is 5.91 Å². The van der Waals surface area contributed by atoms with E-state index < -0.39 is 24.0 Å². The van der Waals surface area contributed by atoms with Crippen LogP contribution in [0.2, 0.25) is 0 Å². The molecule has 1 amide bonds. The molecule has 0 spiro atoms. The Balaban J connectivity index is 1.99. The molecule has 0 aliphatic rings. The largest absolute Gasteiger partial charge is 0.452 e. The molecule has 1 atom stereocenters. The summed E-state index contributed by atoms with van der Waals surface area (Å²) in [5.41, 5.74) is 0.492. The molecule has 7 heteroatoms. The van der Waals surface area contributed by atoms with E-state index in [4.69, 9.17) is 4.74 Å². The molecule has 1 N–H and O–H groups in total. The molecular formula is C17H18N4O3. The van der Waals surface area contributed by atoms with Crippen LogP contribution < -0.4 is 5.32 Å². The highest BCUT2D eigenvalue weighted by atomic mass is 16.5. The van der Waals surface area contributed by atoms with Crippen LogP contribution in [0.15, 0.2) is 30.6 Å². The minimum atomic E-state index is -1.01. The number of nitriles is 1. The maximum atomic E-state index is 12.0. The third-order valence-electron chi connectivity index (χ3n) is 3.83. The van der Waals surface area contributed by atoms with Crippen molar-refractivity contribution in [1.82, 2.24) is 15.3 Å². The molecule has 2 rings (SSSR count). The van der Waals surface area contributed by atoms with Gasteiger partial charge in [-0.3, -0.25) is 14.8 Å². The van der Waals surface area contributed by atoms with Gasteiger partial charge in [-0.2, -0.15) is 5.26 Å². The molecule has 7 nitrogen and oxygen atoms in total. The highest BCUT2D eigenvalue weighted by molar-refractivity contribution is 5.94. The Morgan fingerprint density at radius 1 is 1.29 bits per heavy atom. The van der Waals surface area contributed by atoms with Gasteiger partial charge in [0.05, 0.1) is 22.7 Å². The summed E-state index contributed by atoms with van der Waals surface area (Å²) in [5.74, 6) is -1.25. The predicted molar refractivity (Wildman–Crippen MR) is 86.8 cm³/mol. The van der Waals surface area contributed by atoms with Crippen LogP contribution in [0.3, 0.4) is 0 Å². The molecule has 24 heavy (non-hydrogen) atoms. The number of amides is 1. The summed E-state index contributed by atoms with van der Waals surface area (Å²) in [6.07, 6.45) is 3.09. The average molecular weight is 326 g/mol. The number of aromatic nitrogens is 2. The third kappa shape index (κ3) is 3.84. The van der Waals surface area contributed by atoms with Gasteiger partial charge in [0.1, 0.15) is 5.54 Å². The van der Waals surface area contributed by atoms with Gasteiger partial charge in [-0.15, -0.1) is 0 Å². The number of nitrogens with zero attached hydrogens (tertiary/aromatic N) is 3. The number of ether oxygens (including phenoxy) is 1. The SMILES string of the molecule is CC(C)[C@](C)(C#N)NC(=O)COC(=O)c1ccc2nccnc2c1. The number of hydrogen-bond acceptors (Lipinski definition) is 6. The Kier molecular flexibility index (Phi) is 5.09. The molecule has 0 aliphatic heterocycles. The minimum absolute atomic E-state index is 0.0822. The maximum Gasteiger partial charge on any atom is 0.338 e. The first kappa shape index (κ1) is 17.3. The normalized spacial score (nSPS) is 13.1. The molecule has 0 saturated carbocycles. The lowest BCUT2D eigenvalue weighted by Crippen LogP contribution is -2.50. The van der Waals surface area contributed by atoms with Crippen LogP contribution in [0.1, 0.15) is 31.1 Å². The van der Waals surface area contributed by atoms with Gasteiger partial charge in [-0.25, -0.2) is 4.79 Å². The first-order valence-corrected chi connectivity index (χ1v) is 7.46. The second-order valence-corrected chi connectivity index (χ2v) is 5.85. The highest BCUT2D eigenvalue weighted by Gasteiger charge is 2.30. The number of rotatable bonds is 5. The molecule has 1 aromatic heterocycles. The molecule has 0 unspecified atom stereocenters. The summed E-state index contributed by atoms with van der Waals surface area (Å²) in [7, 11) is 0. The van der Waals surface area contributed by atoms with Crippen LogP contribution in [0.5, 0.6) is 0 Å². The van der Waals surface area contributed by atoms with E-state index in [1.54, 1.807) is 31.3 Å². The lowest BCUT2D eigenvalue weighted by Gasteiger charge is -2.27. The molecular weight excluding hydrogens is 308 g/mol. The van der Waals surface area contributed by atoms with Crippen molar-refractivity contribution in [2.45, 2.75) is 26.3 Å². The Morgan fingerprint density at radius 2 is 1.96 bits per heavy atom. The number of benzene rings is 1. The van der Waals surface area contributed by atoms with Crippen molar-refractivity contribution in [3.05, 3.63) is 36.2 Å². The van der Waals surface area contributed by atoms with E-state index in [0.29, 0.717) is 11.0 Å². The number of esters is 1. The zero-order valence-corrected chi connectivity index (χ0v) is 13.7. The quantitative estimate of drug-likeness (QED) is 0.841. The summed E-state index contributed by atoms with van der Waals surface area (Å²) < 4.78 is 5.00. The van der Waals surface area contributed by atoms with Gasteiger partial charge >= 0.3 is 5.97 Å². The van der Waals surface area contributed by atoms with Gasteiger partial charge in [-0.05, 0) is 31.0 Å². The van der Waals surface area contributed by atoms with Crippen molar-refractivity contribution in [2.24, 2.45) is 5.92 Å². The second-order valence-electron chi connectivity index (χ2n) is 5.85. The number of hydrogen-bond donors (Lipinski definition) is 1. The lowest BCUT2D eigenvalue weighted by molar-refractivity contribution is -0.125. The van der Waals surface area contributed by atoms with Crippen LogP contribution in [-0.4, -0.2) is 34.0 Å². The Bertz CT molecular complexity index is 813. The van der Waals surface area contributed by atoms with Crippen molar-refractivity contribution in [3.63, 3.8) is 0 Å². The van der Waals surface area contributed by atoms with Crippen LogP contribution in [0.25, 0.3) is 11.0 Å². The van der Waals surface area contributed by atoms with Crippen molar-refractivity contribution in [1.29, 1.82) is 5.26 Å². The molecule has 124 valence electrons. The van der Waals surface area contributed by atoms with Gasteiger partial charge < -0.3 is 10.1 Å². The second kappa shape index (κ2) is 7.04. The molecule has 0 bridgehead atoms. The number of carbonyl (C=O) groups is 2. The third-order valence-corrected chi connectivity index (χ3v) is 3.83. The number of nitrogens with one attached hydrogen (secondary N) is 1. The predicted octanol–water partition coefficient (Wildman–Crippen LogP) is 1.84. The van der Waals surface area contributed by atoms with Crippen molar-refractivity contribution >= 4 is 22.9 Å². The van der Waals surface area contributed by atoms with Crippen LogP contribution in [0.4, 0.5) is 0 Å². The van der Waals surface area contributed by atoms with Crippen LogP contribution in [0, 0.1) is 17.2 Å². The van der Waals surface area contributed by atoms with Gasteiger partial charge in [-0.1, -0.05) is 13.8 Å². The molecule has 0 aliphatic carbocycles. The van der Waals surface area contributed by atoms with E-state index in [0.717, 1.165) is 0 Å². The molecule has 0 radical (unpaired) electrons. The fourth-order valence-electron chi connectivity index (χ4n) is 1.93. The smallest absolute Gasteiger partial charge is 0.338 e. The topological polar surface area (TPSA) is 105 Å². The minimum Gasteiger partial charge on any atom is -0.452 e. The molecule has 2 aromatic rings. The summed E-state index contributed by atoms with van der Waals surface area (Å²) in [5, 5.41) is 11.8. The lowest BCUT2D eigenvalue weighted by atomic mass is 9.90. The summed E-state index contributed by atoms with van der Waals surface area (Å²) in [6.45, 7) is 4.82. The van der Waals surface area contributed by atoms with Crippen molar-refractivity contribution < 1.29 is 14.3 Å². The van der Waals surface area contributed by atoms with Crippen molar-refractivity contribution in [3.8, 4) is 6.07 Å². The van der Waals surface area contributed by atoms with Gasteiger partial charge in [0.15, 0.2) is 6.61 Å². The first-order valence-electron chi connectivity index (χ1n) is 7.46. The number of fused-ring (bicyclic) bond motifs is 1. The van der Waals surface area contributed by atoms with Gasteiger partial charge in [0, 0.05) is 12.4 Å². The molecule has 0 saturated heterocycles. The number of carbonyl (C=O) groups excluding carboxylic acids is 2. The molecule has 1 heterocycles. The van der Waals surface area contributed by atoms with E-state index in [1.807, 2.05) is 13.8 Å². The molecule has 1 aromatic carbocycles. The van der Waals surface area contributed by atoms with Gasteiger partial charge in [0.2, 0.25) is 0 Å². The van der Waals surface area contributed by atoms with E-state index in [9.17, 15) is 14.9 Å². The fraction of sp³-hybridized carbons (Fsp3) is 0.353. The van der Waals surface area contributed by atoms with Crippen LogP contribution >= 0.6 is 0 Å². The highest BCUT2D eigenvalue weighted by Crippen LogP contribution is 2.15. The summed E-state index contributed by atoms with van der Waals surface area (Å²) in [4.78, 5) is 32.2. The first-order chi connectivity index (χ1) is 11.4. The standard InChI is InChI=1S/C17H18N4O3/c1-11(2)17(3,10-18)21-15(22)9-24-16(23)12-4-5-13-14(8-12)20-7-6-19-13/h4-8,11H,9H2,1-3H3,(H,21,22)/t17-/m0/s1. The van der Waals surface area contributed by atoms with E-state index in [2.05, 4.69) is 21.4 Å². The van der Waals surface area contributed by atoms with E-state index in [1.165, 1.54) is 6.20 Å². The summed E-state index contributed by atoms with van der Waals surface area (Å²) >= 11 is 0. The monoisotopic (exact) mass is 326 g/mol. The van der Waals surface area contributed by atoms with Crippen molar-refractivity contribution in [2.75, 3.05) is 6.61 Å². The zero-order chi connectivity index (χ0) is 17.7. The average Bonchev–Trinajstić information content (AvgIpc) is 2.58. The Morgan fingerprint density at radius 3 is 2.58 bits per heavy atom. The Hall–Kier alpha value is -3.01. The maximum absolute atomic E-state index is 12.0. The fourth-order valence-corrected chi connectivity index (χ4v) is 1.93. The van der Waals surface area contributed by atoms with E-state index in [-0.39, 0.29) is 11.5 Å². The zero-order valence-electron chi connectivity index (χ0n) is 13.7.